The SMILES string of the molecule is CC.CC(C)c1cccc2ncc(CO)cc12. The molecule has 0 aliphatic heterocycles. The molecule has 0 aliphatic rings. The maximum atomic E-state index is 9.09. The molecule has 1 aromatic heterocycles. The van der Waals surface area contributed by atoms with Gasteiger partial charge in [-0.05, 0) is 29.2 Å². The average molecular weight is 231 g/mol. The highest BCUT2D eigenvalue weighted by Gasteiger charge is 2.05. The Hall–Kier alpha value is -1.41. The minimum Gasteiger partial charge on any atom is -0.392 e. The van der Waals surface area contributed by atoms with Crippen LogP contribution in [-0.2, 0) is 6.61 Å². The molecular weight excluding hydrogens is 210 g/mol. The molecule has 0 bridgehead atoms. The molecule has 0 atom stereocenters. The summed E-state index contributed by atoms with van der Waals surface area (Å²) in [6, 6.07) is 8.18. The van der Waals surface area contributed by atoms with Gasteiger partial charge in [0.2, 0.25) is 0 Å². The van der Waals surface area contributed by atoms with Gasteiger partial charge >= 0.3 is 0 Å². The van der Waals surface area contributed by atoms with Crippen molar-refractivity contribution in [2.24, 2.45) is 0 Å². The quantitative estimate of drug-likeness (QED) is 0.851. The highest BCUT2D eigenvalue weighted by atomic mass is 16.3. The summed E-state index contributed by atoms with van der Waals surface area (Å²) in [6.45, 7) is 8.39. The van der Waals surface area contributed by atoms with Crippen molar-refractivity contribution in [3.63, 3.8) is 0 Å². The fourth-order valence-electron chi connectivity index (χ4n) is 1.81. The van der Waals surface area contributed by atoms with E-state index in [2.05, 4.69) is 24.9 Å². The lowest BCUT2D eigenvalue weighted by atomic mass is 9.97. The van der Waals surface area contributed by atoms with E-state index in [0.29, 0.717) is 5.92 Å². The zero-order chi connectivity index (χ0) is 12.8. The second kappa shape index (κ2) is 6.36. The minimum absolute atomic E-state index is 0.0510. The van der Waals surface area contributed by atoms with E-state index < -0.39 is 0 Å². The molecule has 2 rings (SSSR count). The number of aromatic nitrogens is 1. The van der Waals surface area contributed by atoms with E-state index in [0.717, 1.165) is 16.5 Å². The normalized spacial score (nSPS) is 10.2. The Bertz CT molecular complexity index is 477. The monoisotopic (exact) mass is 231 g/mol. The summed E-state index contributed by atoms with van der Waals surface area (Å²) < 4.78 is 0. The molecule has 1 aromatic carbocycles. The first kappa shape index (κ1) is 13.7. The van der Waals surface area contributed by atoms with Crippen molar-refractivity contribution in [3.8, 4) is 0 Å². The van der Waals surface area contributed by atoms with Gasteiger partial charge in [-0.25, -0.2) is 0 Å². The fraction of sp³-hybridized carbons (Fsp3) is 0.400. The van der Waals surface area contributed by atoms with Gasteiger partial charge in [0.15, 0.2) is 0 Å². The predicted octanol–water partition coefficient (Wildman–Crippen LogP) is 3.88. The maximum Gasteiger partial charge on any atom is 0.0705 e. The lowest BCUT2D eigenvalue weighted by Crippen LogP contribution is -1.93. The molecule has 1 heterocycles. The third-order valence-electron chi connectivity index (χ3n) is 2.62. The molecule has 92 valence electrons. The molecular formula is C15H21NO. The Balaban J connectivity index is 0.000000686. The van der Waals surface area contributed by atoms with Gasteiger partial charge in [-0.3, -0.25) is 4.98 Å². The van der Waals surface area contributed by atoms with Crippen molar-refractivity contribution in [1.82, 2.24) is 4.98 Å². The van der Waals surface area contributed by atoms with Crippen LogP contribution in [0.4, 0.5) is 0 Å². The third-order valence-corrected chi connectivity index (χ3v) is 2.62. The number of hydrogen-bond acceptors (Lipinski definition) is 2. The molecule has 2 heteroatoms. The molecule has 17 heavy (non-hydrogen) atoms. The number of fused-ring (bicyclic) bond motifs is 1. The van der Waals surface area contributed by atoms with Gasteiger partial charge in [-0.15, -0.1) is 0 Å². The van der Waals surface area contributed by atoms with E-state index in [9.17, 15) is 0 Å². The molecule has 2 aromatic rings. The molecule has 2 nitrogen and oxygen atoms in total. The van der Waals surface area contributed by atoms with Crippen molar-refractivity contribution in [2.45, 2.75) is 40.2 Å². The summed E-state index contributed by atoms with van der Waals surface area (Å²) in [5.74, 6) is 0.476. The number of aliphatic hydroxyl groups is 1. The van der Waals surface area contributed by atoms with Crippen LogP contribution in [0.3, 0.4) is 0 Å². The molecule has 0 unspecified atom stereocenters. The van der Waals surface area contributed by atoms with E-state index in [1.807, 2.05) is 32.0 Å². The Morgan fingerprint density at radius 2 is 1.94 bits per heavy atom. The molecule has 0 saturated heterocycles. The summed E-state index contributed by atoms with van der Waals surface area (Å²) in [5, 5.41) is 10.2. The summed E-state index contributed by atoms with van der Waals surface area (Å²) in [6.07, 6.45) is 1.73. The number of hydrogen-bond donors (Lipinski definition) is 1. The van der Waals surface area contributed by atoms with Crippen LogP contribution >= 0.6 is 0 Å². The zero-order valence-electron chi connectivity index (χ0n) is 11.1. The first-order chi connectivity index (χ1) is 8.22. The molecule has 0 spiro atoms. The van der Waals surface area contributed by atoms with E-state index in [1.54, 1.807) is 6.20 Å². The van der Waals surface area contributed by atoms with E-state index in [1.165, 1.54) is 5.56 Å². The van der Waals surface area contributed by atoms with Crippen LogP contribution < -0.4 is 0 Å². The maximum absolute atomic E-state index is 9.09. The van der Waals surface area contributed by atoms with Crippen LogP contribution in [0.15, 0.2) is 30.5 Å². The van der Waals surface area contributed by atoms with E-state index in [-0.39, 0.29) is 6.61 Å². The molecule has 1 N–H and O–H groups in total. The second-order valence-electron chi connectivity index (χ2n) is 4.07. The van der Waals surface area contributed by atoms with E-state index in [4.69, 9.17) is 5.11 Å². The van der Waals surface area contributed by atoms with Gasteiger partial charge in [0, 0.05) is 11.6 Å². The van der Waals surface area contributed by atoms with Crippen molar-refractivity contribution >= 4 is 10.9 Å². The Morgan fingerprint density at radius 3 is 2.53 bits per heavy atom. The first-order valence-electron chi connectivity index (χ1n) is 6.21. The predicted molar refractivity (Wildman–Crippen MR) is 73.1 cm³/mol. The highest BCUT2D eigenvalue weighted by molar-refractivity contribution is 5.83. The van der Waals surface area contributed by atoms with Gasteiger partial charge in [-0.2, -0.15) is 0 Å². The topological polar surface area (TPSA) is 33.1 Å². The van der Waals surface area contributed by atoms with Crippen molar-refractivity contribution in [1.29, 1.82) is 0 Å². The standard InChI is InChI=1S/C13H15NO.C2H6/c1-9(2)11-4-3-5-13-12(11)6-10(8-15)7-14-13;1-2/h3-7,9,15H,8H2,1-2H3;1-2H3. The van der Waals surface area contributed by atoms with E-state index >= 15 is 0 Å². The summed E-state index contributed by atoms with van der Waals surface area (Å²) in [4.78, 5) is 4.34. The van der Waals surface area contributed by atoms with Crippen LogP contribution in [0, 0.1) is 0 Å². The van der Waals surface area contributed by atoms with Gasteiger partial charge < -0.3 is 5.11 Å². The van der Waals surface area contributed by atoms with Crippen LogP contribution in [0.25, 0.3) is 10.9 Å². The minimum atomic E-state index is 0.0510. The smallest absolute Gasteiger partial charge is 0.0705 e. The lowest BCUT2D eigenvalue weighted by molar-refractivity contribution is 0.281. The molecule has 0 aliphatic carbocycles. The van der Waals surface area contributed by atoms with Crippen molar-refractivity contribution in [3.05, 3.63) is 41.6 Å². The zero-order valence-corrected chi connectivity index (χ0v) is 11.1. The van der Waals surface area contributed by atoms with Gasteiger partial charge in [0.05, 0.1) is 12.1 Å². The Morgan fingerprint density at radius 1 is 1.24 bits per heavy atom. The molecule has 0 amide bonds. The summed E-state index contributed by atoms with van der Waals surface area (Å²) in [7, 11) is 0. The van der Waals surface area contributed by atoms with Gasteiger partial charge in [-0.1, -0.05) is 39.8 Å². The first-order valence-corrected chi connectivity index (χ1v) is 6.21. The van der Waals surface area contributed by atoms with Crippen LogP contribution in [-0.4, -0.2) is 10.1 Å². The average Bonchev–Trinajstić information content (AvgIpc) is 2.39. The Kier molecular flexibility index (Phi) is 5.11. The van der Waals surface area contributed by atoms with Crippen LogP contribution in [0.2, 0.25) is 0 Å². The van der Waals surface area contributed by atoms with Crippen molar-refractivity contribution < 1.29 is 5.11 Å². The van der Waals surface area contributed by atoms with Crippen LogP contribution in [0.5, 0.6) is 0 Å². The molecule has 0 fully saturated rings. The van der Waals surface area contributed by atoms with Crippen molar-refractivity contribution in [2.75, 3.05) is 0 Å². The highest BCUT2D eigenvalue weighted by Crippen LogP contribution is 2.24. The number of aliphatic hydroxyl groups excluding tert-OH is 1. The van der Waals surface area contributed by atoms with Gasteiger partial charge in [0.1, 0.15) is 0 Å². The summed E-state index contributed by atoms with van der Waals surface area (Å²) >= 11 is 0. The summed E-state index contributed by atoms with van der Waals surface area (Å²) in [5.41, 5.74) is 3.16. The molecule has 0 radical (unpaired) electrons. The lowest BCUT2D eigenvalue weighted by Gasteiger charge is -2.09. The van der Waals surface area contributed by atoms with Gasteiger partial charge in [0.25, 0.3) is 0 Å². The Labute approximate surface area is 103 Å². The number of nitrogens with zero attached hydrogens (tertiary/aromatic N) is 1. The largest absolute Gasteiger partial charge is 0.392 e. The molecule has 0 saturated carbocycles. The third kappa shape index (κ3) is 3.04. The number of benzene rings is 1. The number of rotatable bonds is 2. The number of pyridine rings is 1. The fourth-order valence-corrected chi connectivity index (χ4v) is 1.81. The van der Waals surface area contributed by atoms with Crippen LogP contribution in [0.1, 0.15) is 44.7 Å². The second-order valence-corrected chi connectivity index (χ2v) is 4.07.